The molecule has 0 radical (unpaired) electrons. The zero-order chi connectivity index (χ0) is 11.1. The molecule has 4 heteroatoms. The van der Waals surface area contributed by atoms with Crippen molar-refractivity contribution >= 4 is 28.5 Å². The number of carbonyl (C=O) groups is 1. The zero-order valence-electron chi connectivity index (χ0n) is 9.30. The summed E-state index contributed by atoms with van der Waals surface area (Å²) >= 11 is 2.38. The maximum Gasteiger partial charge on any atom is 0.225 e. The standard InChI is InChI=1S/C11H20INO2/c1-9-7-10(8-15-9)11(14)13-6-4-2-3-5-12/h9-10H,2-8H2,1H3,(H,13,14). The number of amides is 1. The van der Waals surface area contributed by atoms with Gasteiger partial charge in [0.1, 0.15) is 0 Å². The van der Waals surface area contributed by atoms with E-state index in [4.69, 9.17) is 4.74 Å². The van der Waals surface area contributed by atoms with Gasteiger partial charge >= 0.3 is 0 Å². The van der Waals surface area contributed by atoms with E-state index >= 15 is 0 Å². The summed E-state index contributed by atoms with van der Waals surface area (Å²) in [7, 11) is 0. The molecule has 0 aromatic rings. The zero-order valence-corrected chi connectivity index (χ0v) is 11.5. The Morgan fingerprint density at radius 1 is 1.47 bits per heavy atom. The van der Waals surface area contributed by atoms with Crippen LogP contribution >= 0.6 is 22.6 Å². The van der Waals surface area contributed by atoms with Crippen molar-refractivity contribution in [2.75, 3.05) is 17.6 Å². The van der Waals surface area contributed by atoms with Gasteiger partial charge in [0.05, 0.1) is 18.6 Å². The van der Waals surface area contributed by atoms with Crippen molar-refractivity contribution in [1.82, 2.24) is 5.32 Å². The van der Waals surface area contributed by atoms with Gasteiger partial charge in [-0.3, -0.25) is 4.79 Å². The van der Waals surface area contributed by atoms with Crippen LogP contribution in [0.15, 0.2) is 0 Å². The summed E-state index contributed by atoms with van der Waals surface area (Å²) in [6.45, 7) is 3.44. The first kappa shape index (κ1) is 13.2. The Kier molecular flexibility index (Phi) is 6.56. The van der Waals surface area contributed by atoms with Crippen molar-refractivity contribution < 1.29 is 9.53 Å². The first-order chi connectivity index (χ1) is 7.24. The fourth-order valence-corrected chi connectivity index (χ4v) is 2.29. The summed E-state index contributed by atoms with van der Waals surface area (Å²) in [6.07, 6.45) is 4.68. The molecule has 0 aliphatic carbocycles. The minimum atomic E-state index is 0.0876. The SMILES string of the molecule is CC1CC(C(=O)NCCCCCI)CO1. The van der Waals surface area contributed by atoms with Crippen molar-refractivity contribution in [2.45, 2.75) is 38.7 Å². The lowest BCUT2D eigenvalue weighted by Crippen LogP contribution is -2.31. The number of carbonyl (C=O) groups excluding carboxylic acids is 1. The van der Waals surface area contributed by atoms with E-state index in [-0.39, 0.29) is 17.9 Å². The molecule has 2 unspecified atom stereocenters. The molecule has 0 bridgehead atoms. The van der Waals surface area contributed by atoms with Crippen molar-refractivity contribution in [1.29, 1.82) is 0 Å². The van der Waals surface area contributed by atoms with Gasteiger partial charge in [0.2, 0.25) is 5.91 Å². The van der Waals surface area contributed by atoms with Gasteiger partial charge in [0, 0.05) is 6.54 Å². The Morgan fingerprint density at radius 2 is 2.27 bits per heavy atom. The molecule has 1 heterocycles. The molecule has 3 nitrogen and oxygen atoms in total. The molecule has 0 aromatic heterocycles. The molecule has 0 spiro atoms. The second-order valence-corrected chi connectivity index (χ2v) is 5.20. The minimum absolute atomic E-state index is 0.0876. The van der Waals surface area contributed by atoms with E-state index in [9.17, 15) is 4.79 Å². The summed E-state index contributed by atoms with van der Waals surface area (Å²) in [5.41, 5.74) is 0. The molecule has 1 saturated heterocycles. The average molecular weight is 325 g/mol. The Hall–Kier alpha value is 0.160. The highest BCUT2D eigenvalue weighted by Crippen LogP contribution is 2.18. The molecule has 0 saturated carbocycles. The van der Waals surface area contributed by atoms with E-state index < -0.39 is 0 Å². The molecular weight excluding hydrogens is 305 g/mol. The van der Waals surface area contributed by atoms with Crippen LogP contribution < -0.4 is 5.32 Å². The van der Waals surface area contributed by atoms with Crippen LogP contribution in [0.2, 0.25) is 0 Å². The van der Waals surface area contributed by atoms with Crippen molar-refractivity contribution in [3.05, 3.63) is 0 Å². The van der Waals surface area contributed by atoms with Crippen molar-refractivity contribution in [3.63, 3.8) is 0 Å². The first-order valence-electron chi connectivity index (χ1n) is 5.69. The van der Waals surface area contributed by atoms with Gasteiger partial charge in [-0.15, -0.1) is 0 Å². The van der Waals surface area contributed by atoms with Crippen LogP contribution in [0.3, 0.4) is 0 Å². The summed E-state index contributed by atoms with van der Waals surface area (Å²) in [6, 6.07) is 0. The Balaban J connectivity index is 2.03. The predicted molar refractivity (Wildman–Crippen MR) is 69.3 cm³/mol. The molecule has 88 valence electrons. The molecule has 1 N–H and O–H groups in total. The average Bonchev–Trinajstić information content (AvgIpc) is 2.64. The third kappa shape index (κ3) is 5.15. The molecule has 1 aliphatic heterocycles. The highest BCUT2D eigenvalue weighted by atomic mass is 127. The first-order valence-corrected chi connectivity index (χ1v) is 7.22. The minimum Gasteiger partial charge on any atom is -0.378 e. The third-order valence-electron chi connectivity index (χ3n) is 2.68. The number of rotatable bonds is 6. The molecule has 0 aromatic carbocycles. The molecule has 2 atom stereocenters. The Labute approximate surface area is 105 Å². The topological polar surface area (TPSA) is 38.3 Å². The summed E-state index contributed by atoms with van der Waals surface area (Å²) in [5, 5.41) is 2.98. The van der Waals surface area contributed by atoms with Crippen LogP contribution in [0.5, 0.6) is 0 Å². The van der Waals surface area contributed by atoms with E-state index in [0.29, 0.717) is 6.61 Å². The normalized spacial score (nSPS) is 25.5. The van der Waals surface area contributed by atoms with Gasteiger partial charge in [0.15, 0.2) is 0 Å². The second kappa shape index (κ2) is 7.44. The van der Waals surface area contributed by atoms with E-state index in [1.807, 2.05) is 6.92 Å². The van der Waals surface area contributed by atoms with Crippen LogP contribution in [0.1, 0.15) is 32.6 Å². The quantitative estimate of drug-likeness (QED) is 0.462. The van der Waals surface area contributed by atoms with Crippen LogP contribution in [-0.2, 0) is 9.53 Å². The highest BCUT2D eigenvalue weighted by molar-refractivity contribution is 14.1. The van der Waals surface area contributed by atoms with Gasteiger partial charge < -0.3 is 10.1 Å². The van der Waals surface area contributed by atoms with E-state index in [2.05, 4.69) is 27.9 Å². The number of hydrogen-bond donors (Lipinski definition) is 1. The summed E-state index contributed by atoms with van der Waals surface area (Å²) in [5.74, 6) is 0.262. The van der Waals surface area contributed by atoms with Crippen molar-refractivity contribution in [2.24, 2.45) is 5.92 Å². The maximum atomic E-state index is 11.6. The number of halogens is 1. The van der Waals surface area contributed by atoms with Gasteiger partial charge in [-0.1, -0.05) is 29.0 Å². The third-order valence-corrected chi connectivity index (χ3v) is 3.44. The monoisotopic (exact) mass is 325 g/mol. The second-order valence-electron chi connectivity index (χ2n) is 4.12. The fraction of sp³-hybridized carbons (Fsp3) is 0.909. The lowest BCUT2D eigenvalue weighted by molar-refractivity contribution is -0.124. The molecular formula is C11H20INO2. The maximum absolute atomic E-state index is 11.6. The van der Waals surface area contributed by atoms with E-state index in [1.165, 1.54) is 17.3 Å². The van der Waals surface area contributed by atoms with E-state index in [0.717, 1.165) is 19.4 Å². The van der Waals surface area contributed by atoms with Crippen LogP contribution in [-0.4, -0.2) is 29.6 Å². The predicted octanol–water partition coefficient (Wildman–Crippen LogP) is 2.13. The van der Waals surface area contributed by atoms with Gasteiger partial charge in [-0.2, -0.15) is 0 Å². The number of alkyl halides is 1. The molecule has 1 rings (SSSR count). The van der Waals surface area contributed by atoms with E-state index in [1.54, 1.807) is 0 Å². The number of nitrogens with one attached hydrogen (secondary N) is 1. The van der Waals surface area contributed by atoms with Crippen LogP contribution in [0.4, 0.5) is 0 Å². The molecule has 1 aliphatic rings. The Morgan fingerprint density at radius 3 is 2.87 bits per heavy atom. The van der Waals surface area contributed by atoms with Gasteiger partial charge in [0.25, 0.3) is 0 Å². The fourth-order valence-electron chi connectivity index (χ4n) is 1.75. The van der Waals surface area contributed by atoms with Crippen LogP contribution in [0, 0.1) is 5.92 Å². The number of ether oxygens (including phenoxy) is 1. The number of hydrogen-bond acceptors (Lipinski definition) is 2. The molecule has 1 fully saturated rings. The summed E-state index contributed by atoms with van der Waals surface area (Å²) < 4.78 is 6.58. The Bertz CT molecular complexity index is 199. The van der Waals surface area contributed by atoms with Crippen molar-refractivity contribution in [3.8, 4) is 0 Å². The molecule has 1 amide bonds. The van der Waals surface area contributed by atoms with Gasteiger partial charge in [-0.05, 0) is 30.6 Å². The largest absolute Gasteiger partial charge is 0.378 e. The number of unbranched alkanes of at least 4 members (excludes halogenated alkanes) is 2. The smallest absolute Gasteiger partial charge is 0.225 e. The van der Waals surface area contributed by atoms with Crippen LogP contribution in [0.25, 0.3) is 0 Å². The van der Waals surface area contributed by atoms with Gasteiger partial charge in [-0.25, -0.2) is 0 Å². The lowest BCUT2D eigenvalue weighted by Gasteiger charge is -2.08. The molecule has 15 heavy (non-hydrogen) atoms. The highest BCUT2D eigenvalue weighted by Gasteiger charge is 2.27. The lowest BCUT2D eigenvalue weighted by atomic mass is 10.1. The summed E-state index contributed by atoms with van der Waals surface area (Å²) in [4.78, 5) is 11.6.